The van der Waals surface area contributed by atoms with Crippen LogP contribution in [0.25, 0.3) is 0 Å². The fraction of sp³-hybridized carbons (Fsp3) is 0.222. The Kier molecular flexibility index (Phi) is 3.72. The summed E-state index contributed by atoms with van der Waals surface area (Å²) in [4.78, 5) is 4.09. The van der Waals surface area contributed by atoms with Crippen molar-refractivity contribution in [3.8, 4) is 0 Å². The average molecular weight is 285 g/mol. The van der Waals surface area contributed by atoms with Gasteiger partial charge in [0.15, 0.2) is 0 Å². The van der Waals surface area contributed by atoms with E-state index >= 15 is 0 Å². The van der Waals surface area contributed by atoms with Gasteiger partial charge in [0.1, 0.15) is 16.2 Å². The lowest BCUT2D eigenvalue weighted by molar-refractivity contribution is 0.601. The molecule has 0 unspecified atom stereocenters. The van der Waals surface area contributed by atoms with Gasteiger partial charge in [0.05, 0.1) is 0 Å². The van der Waals surface area contributed by atoms with Crippen LogP contribution in [0.4, 0.5) is 10.9 Å². The second kappa shape index (κ2) is 5.27. The molecule has 0 spiro atoms. The molecular formula is C9H11N5O2S2. The molecule has 0 aromatic carbocycles. The summed E-state index contributed by atoms with van der Waals surface area (Å²) in [5.74, 6) is 0.317. The van der Waals surface area contributed by atoms with E-state index in [1.807, 2.05) is 6.92 Å². The molecule has 0 saturated heterocycles. The molecule has 0 aliphatic rings. The quantitative estimate of drug-likeness (QED) is 0.855. The van der Waals surface area contributed by atoms with Crippen LogP contribution in [0, 0.1) is 0 Å². The van der Waals surface area contributed by atoms with Crippen molar-refractivity contribution in [1.29, 1.82) is 0 Å². The SMILES string of the molecule is CCNc1ncccc1S(=O)(=O)Nc1nncs1. The maximum Gasteiger partial charge on any atom is 0.267 e. The van der Waals surface area contributed by atoms with Crippen LogP contribution in [0.2, 0.25) is 0 Å². The standard InChI is InChI=1S/C9H11N5O2S2/c1-2-10-8-7(4-3-5-11-8)18(15,16)14-9-13-12-6-17-9/h3-6H,2H2,1H3,(H,10,11)(H,13,14). The Bertz CT molecular complexity index is 612. The first kappa shape index (κ1) is 12.7. The Morgan fingerprint density at radius 1 is 1.44 bits per heavy atom. The van der Waals surface area contributed by atoms with Gasteiger partial charge in [0, 0.05) is 12.7 Å². The van der Waals surface area contributed by atoms with E-state index in [2.05, 4.69) is 25.2 Å². The largest absolute Gasteiger partial charge is 0.369 e. The first-order chi connectivity index (χ1) is 8.63. The highest BCUT2D eigenvalue weighted by atomic mass is 32.2. The topological polar surface area (TPSA) is 96.9 Å². The van der Waals surface area contributed by atoms with Gasteiger partial charge in [-0.15, -0.1) is 10.2 Å². The van der Waals surface area contributed by atoms with Gasteiger partial charge in [0.25, 0.3) is 10.0 Å². The van der Waals surface area contributed by atoms with Crippen LogP contribution in [-0.4, -0.2) is 30.1 Å². The monoisotopic (exact) mass is 285 g/mol. The number of hydrogen-bond donors (Lipinski definition) is 2. The summed E-state index contributed by atoms with van der Waals surface area (Å²) >= 11 is 1.11. The molecular weight excluding hydrogens is 274 g/mol. The van der Waals surface area contributed by atoms with Crippen LogP contribution in [0.3, 0.4) is 0 Å². The van der Waals surface area contributed by atoms with Crippen molar-refractivity contribution in [3.63, 3.8) is 0 Å². The van der Waals surface area contributed by atoms with Crippen molar-refractivity contribution >= 4 is 32.3 Å². The van der Waals surface area contributed by atoms with Crippen LogP contribution in [0.5, 0.6) is 0 Å². The number of rotatable bonds is 5. The highest BCUT2D eigenvalue weighted by Gasteiger charge is 2.20. The second-order valence-electron chi connectivity index (χ2n) is 3.23. The zero-order valence-electron chi connectivity index (χ0n) is 9.49. The third-order valence-corrected chi connectivity index (χ3v) is 4.09. The van der Waals surface area contributed by atoms with Crippen LogP contribution in [0.1, 0.15) is 6.92 Å². The molecule has 2 N–H and O–H groups in total. The summed E-state index contributed by atoms with van der Waals surface area (Å²) in [5, 5.41) is 10.3. The summed E-state index contributed by atoms with van der Waals surface area (Å²) in [6.45, 7) is 2.45. The van der Waals surface area contributed by atoms with E-state index < -0.39 is 10.0 Å². The van der Waals surface area contributed by atoms with E-state index in [4.69, 9.17) is 0 Å². The average Bonchev–Trinajstić information content (AvgIpc) is 2.82. The Morgan fingerprint density at radius 3 is 2.94 bits per heavy atom. The third kappa shape index (κ3) is 2.74. The van der Waals surface area contributed by atoms with Crippen LogP contribution in [-0.2, 0) is 10.0 Å². The predicted octanol–water partition coefficient (Wildman–Crippen LogP) is 1.17. The maximum atomic E-state index is 12.1. The summed E-state index contributed by atoms with van der Waals surface area (Å²) in [5.41, 5.74) is 1.45. The van der Waals surface area contributed by atoms with Crippen LogP contribution < -0.4 is 10.0 Å². The van der Waals surface area contributed by atoms with E-state index in [-0.39, 0.29) is 10.0 Å². The fourth-order valence-corrected chi connectivity index (χ4v) is 3.12. The Balaban J connectivity index is 2.35. The molecule has 0 aliphatic carbocycles. The number of anilines is 2. The number of nitrogens with one attached hydrogen (secondary N) is 2. The van der Waals surface area contributed by atoms with E-state index in [1.54, 1.807) is 6.07 Å². The molecule has 0 bridgehead atoms. The molecule has 18 heavy (non-hydrogen) atoms. The Morgan fingerprint density at radius 2 is 2.28 bits per heavy atom. The minimum Gasteiger partial charge on any atom is -0.369 e. The number of aromatic nitrogens is 3. The lowest BCUT2D eigenvalue weighted by atomic mass is 10.4. The van der Waals surface area contributed by atoms with Crippen molar-refractivity contribution in [3.05, 3.63) is 23.8 Å². The van der Waals surface area contributed by atoms with Crippen LogP contribution >= 0.6 is 11.3 Å². The number of pyridine rings is 1. The lowest BCUT2D eigenvalue weighted by Gasteiger charge is -2.09. The van der Waals surface area contributed by atoms with Crippen molar-refractivity contribution in [2.75, 3.05) is 16.6 Å². The molecule has 9 heteroatoms. The third-order valence-electron chi connectivity index (χ3n) is 1.99. The second-order valence-corrected chi connectivity index (χ2v) is 5.71. The molecule has 0 amide bonds. The minimum absolute atomic E-state index is 0.0852. The zero-order valence-corrected chi connectivity index (χ0v) is 11.1. The molecule has 0 radical (unpaired) electrons. The first-order valence-electron chi connectivity index (χ1n) is 5.11. The summed E-state index contributed by atoms with van der Waals surface area (Å²) in [6.07, 6.45) is 1.53. The van der Waals surface area contributed by atoms with Gasteiger partial charge in [-0.2, -0.15) is 0 Å². The lowest BCUT2D eigenvalue weighted by Crippen LogP contribution is -2.16. The minimum atomic E-state index is -3.70. The molecule has 2 heterocycles. The number of hydrogen-bond acceptors (Lipinski definition) is 7. The molecule has 96 valence electrons. The highest BCUT2D eigenvalue weighted by Crippen LogP contribution is 2.21. The van der Waals surface area contributed by atoms with Gasteiger partial charge >= 0.3 is 0 Å². The van der Waals surface area contributed by atoms with Gasteiger partial charge in [-0.3, -0.25) is 4.72 Å². The molecule has 2 aromatic rings. The summed E-state index contributed by atoms with van der Waals surface area (Å²) < 4.78 is 26.6. The van der Waals surface area contributed by atoms with Crippen molar-refractivity contribution in [1.82, 2.24) is 15.2 Å². The van der Waals surface area contributed by atoms with Crippen molar-refractivity contribution < 1.29 is 8.42 Å². The molecule has 0 saturated carbocycles. The fourth-order valence-electron chi connectivity index (χ4n) is 1.30. The molecule has 0 atom stereocenters. The van der Waals surface area contributed by atoms with Crippen molar-refractivity contribution in [2.45, 2.75) is 11.8 Å². The highest BCUT2D eigenvalue weighted by molar-refractivity contribution is 7.93. The van der Waals surface area contributed by atoms with Gasteiger partial charge in [-0.25, -0.2) is 13.4 Å². The normalized spacial score (nSPS) is 11.2. The van der Waals surface area contributed by atoms with Gasteiger partial charge in [-0.1, -0.05) is 11.3 Å². The molecule has 2 rings (SSSR count). The van der Waals surface area contributed by atoms with E-state index in [0.717, 1.165) is 11.3 Å². The van der Waals surface area contributed by atoms with E-state index in [0.29, 0.717) is 12.4 Å². The van der Waals surface area contributed by atoms with Gasteiger partial charge in [-0.05, 0) is 19.1 Å². The predicted molar refractivity (Wildman–Crippen MR) is 69.1 cm³/mol. The molecule has 0 aliphatic heterocycles. The Hall–Kier alpha value is -1.74. The first-order valence-corrected chi connectivity index (χ1v) is 7.47. The van der Waals surface area contributed by atoms with Gasteiger partial charge < -0.3 is 5.32 Å². The summed E-state index contributed by atoms with van der Waals surface area (Å²) in [6, 6.07) is 3.05. The Labute approximate surface area is 108 Å². The van der Waals surface area contributed by atoms with Crippen LogP contribution in [0.15, 0.2) is 28.7 Å². The molecule has 2 aromatic heterocycles. The summed E-state index contributed by atoms with van der Waals surface area (Å²) in [7, 11) is -3.70. The van der Waals surface area contributed by atoms with E-state index in [1.165, 1.54) is 17.8 Å². The molecule has 7 nitrogen and oxygen atoms in total. The molecule has 0 fully saturated rings. The van der Waals surface area contributed by atoms with Crippen molar-refractivity contribution in [2.24, 2.45) is 0 Å². The van der Waals surface area contributed by atoms with E-state index in [9.17, 15) is 8.42 Å². The smallest absolute Gasteiger partial charge is 0.267 e. The van der Waals surface area contributed by atoms with Gasteiger partial charge in [0.2, 0.25) is 5.13 Å². The zero-order chi connectivity index (χ0) is 13.0. The number of nitrogens with zero attached hydrogens (tertiary/aromatic N) is 3. The maximum absolute atomic E-state index is 12.1. The number of sulfonamides is 1.